The van der Waals surface area contributed by atoms with Crippen molar-refractivity contribution in [2.24, 2.45) is 11.3 Å². The summed E-state index contributed by atoms with van der Waals surface area (Å²) >= 11 is 3.40. The van der Waals surface area contributed by atoms with Gasteiger partial charge in [0.2, 0.25) is 5.91 Å². The van der Waals surface area contributed by atoms with E-state index in [0.717, 1.165) is 29.3 Å². The van der Waals surface area contributed by atoms with Crippen molar-refractivity contribution in [1.82, 2.24) is 5.32 Å². The second kappa shape index (κ2) is 6.06. The summed E-state index contributed by atoms with van der Waals surface area (Å²) in [6, 6.07) is 8.05. The van der Waals surface area contributed by atoms with E-state index in [9.17, 15) is 9.90 Å². The maximum Gasteiger partial charge on any atom is 0.223 e. The average molecular weight is 326 g/mol. The number of carbonyl (C=O) groups is 1. The fourth-order valence-electron chi connectivity index (χ4n) is 2.08. The standard InChI is InChI=1S/C15H20BrNO2/c1-11(8-12-2-4-13(16)5-3-12)14(19)17-9-15(10-18)6-7-15/h2-5,11,18H,6-10H2,1H3,(H,17,19). The molecular weight excluding hydrogens is 306 g/mol. The summed E-state index contributed by atoms with van der Waals surface area (Å²) in [5, 5.41) is 12.2. The molecule has 3 nitrogen and oxygen atoms in total. The van der Waals surface area contributed by atoms with Crippen molar-refractivity contribution in [2.75, 3.05) is 13.2 Å². The predicted molar refractivity (Wildman–Crippen MR) is 78.8 cm³/mol. The van der Waals surface area contributed by atoms with Crippen LogP contribution in [-0.2, 0) is 11.2 Å². The molecule has 1 saturated carbocycles. The summed E-state index contributed by atoms with van der Waals surface area (Å²) < 4.78 is 1.05. The quantitative estimate of drug-likeness (QED) is 0.844. The number of aliphatic hydroxyl groups excluding tert-OH is 1. The van der Waals surface area contributed by atoms with Gasteiger partial charge in [-0.05, 0) is 37.0 Å². The minimum atomic E-state index is -0.0457. The highest BCUT2D eigenvalue weighted by molar-refractivity contribution is 9.10. The summed E-state index contributed by atoms with van der Waals surface area (Å²) in [6.07, 6.45) is 2.78. The first-order chi connectivity index (χ1) is 9.04. The van der Waals surface area contributed by atoms with Crippen LogP contribution in [0, 0.1) is 11.3 Å². The fourth-order valence-corrected chi connectivity index (χ4v) is 2.35. The molecule has 0 saturated heterocycles. The van der Waals surface area contributed by atoms with Crippen LogP contribution in [0.3, 0.4) is 0 Å². The van der Waals surface area contributed by atoms with Crippen LogP contribution >= 0.6 is 15.9 Å². The lowest BCUT2D eigenvalue weighted by Gasteiger charge is -2.16. The molecule has 1 atom stereocenters. The van der Waals surface area contributed by atoms with Crippen molar-refractivity contribution in [3.63, 3.8) is 0 Å². The molecule has 0 radical (unpaired) electrons. The van der Waals surface area contributed by atoms with E-state index in [1.807, 2.05) is 31.2 Å². The molecule has 1 unspecified atom stereocenters. The van der Waals surface area contributed by atoms with Gasteiger partial charge in [0, 0.05) is 22.4 Å². The highest BCUT2D eigenvalue weighted by atomic mass is 79.9. The van der Waals surface area contributed by atoms with Crippen molar-refractivity contribution in [1.29, 1.82) is 0 Å². The molecule has 1 aliphatic carbocycles. The van der Waals surface area contributed by atoms with Gasteiger partial charge in [0.15, 0.2) is 0 Å². The molecule has 0 heterocycles. The van der Waals surface area contributed by atoms with E-state index in [0.29, 0.717) is 6.54 Å². The first-order valence-corrected chi connectivity index (χ1v) is 7.47. The lowest BCUT2D eigenvalue weighted by Crippen LogP contribution is -2.36. The average Bonchev–Trinajstić information content (AvgIpc) is 3.19. The Balaban J connectivity index is 1.80. The maximum atomic E-state index is 12.0. The Kier molecular flexibility index (Phi) is 4.63. The maximum absolute atomic E-state index is 12.0. The first kappa shape index (κ1) is 14.5. The van der Waals surface area contributed by atoms with Gasteiger partial charge in [-0.25, -0.2) is 0 Å². The highest BCUT2D eigenvalue weighted by Crippen LogP contribution is 2.44. The molecule has 0 aliphatic heterocycles. The molecule has 1 aliphatic rings. The van der Waals surface area contributed by atoms with Crippen molar-refractivity contribution in [3.8, 4) is 0 Å². The van der Waals surface area contributed by atoms with E-state index in [-0.39, 0.29) is 23.8 Å². The van der Waals surface area contributed by atoms with Crippen LogP contribution in [0.15, 0.2) is 28.7 Å². The van der Waals surface area contributed by atoms with Gasteiger partial charge in [0.25, 0.3) is 0 Å². The van der Waals surface area contributed by atoms with E-state index in [1.165, 1.54) is 0 Å². The number of benzene rings is 1. The number of halogens is 1. The zero-order valence-corrected chi connectivity index (χ0v) is 12.7. The summed E-state index contributed by atoms with van der Waals surface area (Å²) in [7, 11) is 0. The molecule has 4 heteroatoms. The predicted octanol–water partition coefficient (Wildman–Crippen LogP) is 2.52. The van der Waals surface area contributed by atoms with Crippen molar-refractivity contribution in [3.05, 3.63) is 34.3 Å². The lowest BCUT2D eigenvalue weighted by molar-refractivity contribution is -0.124. The third-order valence-corrected chi connectivity index (χ3v) is 4.36. The van der Waals surface area contributed by atoms with E-state index in [4.69, 9.17) is 0 Å². The number of aliphatic hydroxyl groups is 1. The van der Waals surface area contributed by atoms with Crippen molar-refractivity contribution >= 4 is 21.8 Å². The second-order valence-corrected chi connectivity index (χ2v) is 6.52. The summed E-state index contributed by atoms with van der Waals surface area (Å²) in [6.45, 7) is 2.72. The molecule has 1 aromatic rings. The largest absolute Gasteiger partial charge is 0.396 e. The van der Waals surface area contributed by atoms with Gasteiger partial charge < -0.3 is 10.4 Å². The smallest absolute Gasteiger partial charge is 0.223 e. The van der Waals surface area contributed by atoms with Crippen LogP contribution in [0.4, 0.5) is 0 Å². The fraction of sp³-hybridized carbons (Fsp3) is 0.533. The first-order valence-electron chi connectivity index (χ1n) is 6.68. The third kappa shape index (κ3) is 4.05. The number of amides is 1. The molecule has 0 spiro atoms. The molecule has 104 valence electrons. The Bertz CT molecular complexity index is 440. The van der Waals surface area contributed by atoms with E-state index in [1.54, 1.807) is 0 Å². The zero-order chi connectivity index (χ0) is 13.9. The van der Waals surface area contributed by atoms with Crippen LogP contribution in [0.2, 0.25) is 0 Å². The topological polar surface area (TPSA) is 49.3 Å². The molecular formula is C15H20BrNO2. The van der Waals surface area contributed by atoms with Crippen molar-refractivity contribution < 1.29 is 9.90 Å². The van der Waals surface area contributed by atoms with E-state index < -0.39 is 0 Å². The van der Waals surface area contributed by atoms with E-state index >= 15 is 0 Å². The molecule has 2 N–H and O–H groups in total. The Morgan fingerprint density at radius 3 is 2.58 bits per heavy atom. The normalized spacial score (nSPS) is 17.8. The van der Waals surface area contributed by atoms with Crippen LogP contribution < -0.4 is 5.32 Å². The number of hydrogen-bond acceptors (Lipinski definition) is 2. The molecule has 1 fully saturated rings. The second-order valence-electron chi connectivity index (χ2n) is 5.61. The number of carbonyl (C=O) groups excluding carboxylic acids is 1. The minimum Gasteiger partial charge on any atom is -0.396 e. The molecule has 0 bridgehead atoms. The van der Waals surface area contributed by atoms with Crippen LogP contribution in [0.5, 0.6) is 0 Å². The molecule has 2 rings (SSSR count). The van der Waals surface area contributed by atoms with Gasteiger partial charge >= 0.3 is 0 Å². The summed E-state index contributed by atoms with van der Waals surface area (Å²) in [5.74, 6) is 0.0262. The van der Waals surface area contributed by atoms with Crippen molar-refractivity contribution in [2.45, 2.75) is 26.2 Å². The molecule has 19 heavy (non-hydrogen) atoms. The Morgan fingerprint density at radius 2 is 2.05 bits per heavy atom. The Hall–Kier alpha value is -0.870. The lowest BCUT2D eigenvalue weighted by atomic mass is 10.00. The molecule has 0 aromatic heterocycles. The minimum absolute atomic E-state index is 0.0208. The molecule has 1 amide bonds. The number of rotatable bonds is 6. The van der Waals surface area contributed by atoms with E-state index in [2.05, 4.69) is 21.2 Å². The summed E-state index contributed by atoms with van der Waals surface area (Å²) in [5.41, 5.74) is 1.14. The Morgan fingerprint density at radius 1 is 1.42 bits per heavy atom. The number of hydrogen-bond donors (Lipinski definition) is 2. The third-order valence-electron chi connectivity index (χ3n) is 3.83. The van der Waals surface area contributed by atoms with Gasteiger partial charge in [-0.15, -0.1) is 0 Å². The van der Waals surface area contributed by atoms with Crippen LogP contribution in [0.1, 0.15) is 25.3 Å². The van der Waals surface area contributed by atoms with Gasteiger partial charge in [0.05, 0.1) is 6.61 Å². The highest BCUT2D eigenvalue weighted by Gasteiger charge is 2.42. The zero-order valence-electron chi connectivity index (χ0n) is 11.2. The SMILES string of the molecule is CC(Cc1ccc(Br)cc1)C(=O)NCC1(CO)CC1. The molecule has 1 aromatic carbocycles. The monoisotopic (exact) mass is 325 g/mol. The van der Waals surface area contributed by atoms with Gasteiger partial charge in [-0.2, -0.15) is 0 Å². The van der Waals surface area contributed by atoms with Gasteiger partial charge in [-0.3, -0.25) is 4.79 Å². The van der Waals surface area contributed by atoms with Gasteiger partial charge in [-0.1, -0.05) is 35.0 Å². The van der Waals surface area contributed by atoms with Crippen LogP contribution in [-0.4, -0.2) is 24.2 Å². The summed E-state index contributed by atoms with van der Waals surface area (Å²) in [4.78, 5) is 12.0. The van der Waals surface area contributed by atoms with Crippen LogP contribution in [0.25, 0.3) is 0 Å². The Labute approximate surface area is 122 Å². The van der Waals surface area contributed by atoms with Gasteiger partial charge in [0.1, 0.15) is 0 Å². The number of nitrogens with one attached hydrogen (secondary N) is 1.